The van der Waals surface area contributed by atoms with Crippen LogP contribution in [0.5, 0.6) is 5.75 Å². The van der Waals surface area contributed by atoms with Crippen LogP contribution in [-0.2, 0) is 4.79 Å². The molecule has 196 valence electrons. The molecule has 0 aliphatic carbocycles. The van der Waals surface area contributed by atoms with E-state index in [2.05, 4.69) is 57.0 Å². The van der Waals surface area contributed by atoms with E-state index in [1.54, 1.807) is 6.07 Å². The molecule has 0 heterocycles. The first kappa shape index (κ1) is 28.8. The van der Waals surface area contributed by atoms with Crippen molar-refractivity contribution in [1.29, 1.82) is 0 Å². The van der Waals surface area contributed by atoms with Crippen molar-refractivity contribution in [3.8, 4) is 5.75 Å². The van der Waals surface area contributed by atoms with Crippen LogP contribution in [0.25, 0.3) is 0 Å². The number of ether oxygens (including phenoxy) is 1. The Morgan fingerprint density at radius 1 is 1.06 bits per heavy atom. The van der Waals surface area contributed by atoms with Crippen LogP contribution in [0.1, 0.15) is 71.4 Å². The van der Waals surface area contributed by atoms with Gasteiger partial charge in [-0.2, -0.15) is 5.10 Å². The van der Waals surface area contributed by atoms with Crippen LogP contribution >= 0.6 is 0 Å². The summed E-state index contributed by atoms with van der Waals surface area (Å²) >= 11 is 0. The summed E-state index contributed by atoms with van der Waals surface area (Å²) in [6.45, 7) is 14.3. The molecule has 2 aromatic carbocycles. The highest BCUT2D eigenvalue weighted by atomic mass is 16.6. The zero-order valence-electron chi connectivity index (χ0n) is 22.4. The van der Waals surface area contributed by atoms with Gasteiger partial charge in [0.05, 0.1) is 11.1 Å². The van der Waals surface area contributed by atoms with E-state index in [1.807, 2.05) is 24.3 Å². The number of anilines is 1. The molecule has 0 fully saturated rings. The molecule has 0 unspecified atom stereocenters. The molecular formula is C28H40N4O4. The molecule has 0 saturated heterocycles. The van der Waals surface area contributed by atoms with E-state index in [9.17, 15) is 14.9 Å². The molecule has 0 aromatic heterocycles. The van der Waals surface area contributed by atoms with Gasteiger partial charge in [0.25, 0.3) is 11.6 Å². The van der Waals surface area contributed by atoms with E-state index >= 15 is 0 Å². The predicted octanol–water partition coefficient (Wildman–Crippen LogP) is 6.15. The van der Waals surface area contributed by atoms with Gasteiger partial charge in [-0.25, -0.2) is 5.43 Å². The van der Waals surface area contributed by atoms with E-state index in [0.717, 1.165) is 31.6 Å². The maximum atomic E-state index is 12.3. The van der Waals surface area contributed by atoms with Gasteiger partial charge in [0.1, 0.15) is 5.75 Å². The quantitative estimate of drug-likeness (QED) is 0.192. The van der Waals surface area contributed by atoms with Crippen molar-refractivity contribution in [2.24, 2.45) is 16.9 Å². The van der Waals surface area contributed by atoms with Gasteiger partial charge in [-0.3, -0.25) is 14.9 Å². The van der Waals surface area contributed by atoms with Crippen molar-refractivity contribution in [2.75, 3.05) is 24.6 Å². The van der Waals surface area contributed by atoms with E-state index in [-0.39, 0.29) is 12.3 Å². The van der Waals surface area contributed by atoms with E-state index < -0.39 is 10.8 Å². The van der Waals surface area contributed by atoms with Crippen LogP contribution in [0.4, 0.5) is 11.4 Å². The molecule has 8 heteroatoms. The topological polar surface area (TPSA) is 97.1 Å². The van der Waals surface area contributed by atoms with Gasteiger partial charge in [0.15, 0.2) is 6.61 Å². The standard InChI is InChI=1S/C28H40N4O4/c1-7-22(8-2)23-9-12-26(13-10-23)36-19-28(33)30-29-16-24-15-25(32(34)35)11-14-27(24)31(17-20(3)4)18-21(5)6/h9-16,20-22H,7-8,17-19H2,1-6H3,(H,30,33). The fourth-order valence-electron chi connectivity index (χ4n) is 4.15. The number of hydrazone groups is 1. The number of non-ortho nitro benzene ring substituents is 1. The number of carbonyl (C=O) groups is 1. The lowest BCUT2D eigenvalue weighted by Crippen LogP contribution is -2.32. The Kier molecular flexibility index (Phi) is 11.4. The normalized spacial score (nSPS) is 11.5. The zero-order chi connectivity index (χ0) is 26.7. The minimum atomic E-state index is -0.433. The summed E-state index contributed by atoms with van der Waals surface area (Å²) in [6.07, 6.45) is 3.62. The zero-order valence-corrected chi connectivity index (χ0v) is 22.4. The van der Waals surface area contributed by atoms with Crippen LogP contribution in [0.3, 0.4) is 0 Å². The van der Waals surface area contributed by atoms with E-state index in [0.29, 0.717) is 29.1 Å². The monoisotopic (exact) mass is 496 g/mol. The minimum Gasteiger partial charge on any atom is -0.484 e. The molecule has 0 aliphatic rings. The van der Waals surface area contributed by atoms with Gasteiger partial charge in [-0.05, 0) is 54.4 Å². The van der Waals surface area contributed by atoms with E-state index in [1.165, 1.54) is 23.9 Å². The first-order valence-electron chi connectivity index (χ1n) is 12.7. The highest BCUT2D eigenvalue weighted by molar-refractivity contribution is 5.90. The number of rotatable bonds is 14. The maximum Gasteiger partial charge on any atom is 0.277 e. The number of nitro benzene ring substituents is 1. The Hall–Kier alpha value is -3.42. The van der Waals surface area contributed by atoms with Crippen molar-refractivity contribution < 1.29 is 14.5 Å². The van der Waals surface area contributed by atoms with Gasteiger partial charge in [0, 0.05) is 36.5 Å². The molecule has 0 radical (unpaired) electrons. The van der Waals surface area contributed by atoms with Crippen LogP contribution in [-0.4, -0.2) is 36.7 Å². The molecule has 0 spiro atoms. The third-order valence-corrected chi connectivity index (χ3v) is 5.83. The van der Waals surface area contributed by atoms with Crippen molar-refractivity contribution in [2.45, 2.75) is 60.3 Å². The lowest BCUT2D eigenvalue weighted by molar-refractivity contribution is -0.384. The number of nitrogens with one attached hydrogen (secondary N) is 1. The second kappa shape index (κ2) is 14.2. The lowest BCUT2D eigenvalue weighted by Gasteiger charge is -2.29. The molecule has 0 bridgehead atoms. The number of benzene rings is 2. The first-order chi connectivity index (χ1) is 17.1. The summed E-state index contributed by atoms with van der Waals surface area (Å²) in [6, 6.07) is 12.5. The molecule has 2 aromatic rings. The average molecular weight is 497 g/mol. The predicted molar refractivity (Wildman–Crippen MR) is 146 cm³/mol. The molecule has 8 nitrogen and oxygen atoms in total. The van der Waals surface area contributed by atoms with Crippen molar-refractivity contribution in [3.63, 3.8) is 0 Å². The molecule has 0 atom stereocenters. The Morgan fingerprint density at radius 2 is 1.67 bits per heavy atom. The second-order valence-corrected chi connectivity index (χ2v) is 9.86. The summed E-state index contributed by atoms with van der Waals surface area (Å²) in [7, 11) is 0. The number of amides is 1. The SMILES string of the molecule is CCC(CC)c1ccc(OCC(=O)NN=Cc2cc([N+](=O)[O-])ccc2N(CC(C)C)CC(C)C)cc1. The largest absolute Gasteiger partial charge is 0.484 e. The van der Waals surface area contributed by atoms with Crippen LogP contribution in [0, 0.1) is 22.0 Å². The second-order valence-electron chi connectivity index (χ2n) is 9.86. The Bertz CT molecular complexity index is 1000. The van der Waals surface area contributed by atoms with Gasteiger partial charge in [0.2, 0.25) is 0 Å². The maximum absolute atomic E-state index is 12.3. The molecule has 36 heavy (non-hydrogen) atoms. The molecule has 2 rings (SSSR count). The average Bonchev–Trinajstić information content (AvgIpc) is 2.83. The number of nitrogens with zero attached hydrogens (tertiary/aromatic N) is 3. The summed E-state index contributed by atoms with van der Waals surface area (Å²) in [5.41, 5.74) is 5.11. The molecule has 1 N–H and O–H groups in total. The number of carbonyl (C=O) groups excluding carboxylic acids is 1. The summed E-state index contributed by atoms with van der Waals surface area (Å²) < 4.78 is 5.59. The highest BCUT2D eigenvalue weighted by Crippen LogP contribution is 2.27. The number of hydrogen-bond acceptors (Lipinski definition) is 6. The third-order valence-electron chi connectivity index (χ3n) is 5.83. The fourth-order valence-corrected chi connectivity index (χ4v) is 4.15. The van der Waals surface area contributed by atoms with Crippen molar-refractivity contribution in [3.05, 3.63) is 63.7 Å². The van der Waals surface area contributed by atoms with Crippen LogP contribution in [0.2, 0.25) is 0 Å². The Balaban J connectivity index is 2.09. The third kappa shape index (κ3) is 8.98. The number of nitro groups is 1. The smallest absolute Gasteiger partial charge is 0.277 e. The van der Waals surface area contributed by atoms with Gasteiger partial charge in [-0.15, -0.1) is 0 Å². The molecule has 0 aliphatic heterocycles. The summed E-state index contributed by atoms with van der Waals surface area (Å²) in [5.74, 6) is 1.53. The van der Waals surface area contributed by atoms with Gasteiger partial charge in [-0.1, -0.05) is 53.7 Å². The first-order valence-corrected chi connectivity index (χ1v) is 12.7. The Labute approximate surface area is 214 Å². The molecule has 1 amide bonds. The van der Waals surface area contributed by atoms with Crippen LogP contribution in [0.15, 0.2) is 47.6 Å². The minimum absolute atomic E-state index is 0.0271. The number of hydrogen-bond donors (Lipinski definition) is 1. The Morgan fingerprint density at radius 3 is 2.19 bits per heavy atom. The van der Waals surface area contributed by atoms with E-state index in [4.69, 9.17) is 4.74 Å². The fraction of sp³-hybridized carbons (Fsp3) is 0.500. The lowest BCUT2D eigenvalue weighted by atomic mass is 9.94. The van der Waals surface area contributed by atoms with Crippen molar-refractivity contribution in [1.82, 2.24) is 5.43 Å². The summed E-state index contributed by atoms with van der Waals surface area (Å²) in [5, 5.41) is 15.4. The van der Waals surface area contributed by atoms with Gasteiger partial charge < -0.3 is 9.64 Å². The molecule has 0 saturated carbocycles. The highest BCUT2D eigenvalue weighted by Gasteiger charge is 2.17. The molecular weight excluding hydrogens is 456 g/mol. The summed E-state index contributed by atoms with van der Waals surface area (Å²) in [4.78, 5) is 25.4. The van der Waals surface area contributed by atoms with Crippen molar-refractivity contribution >= 4 is 23.5 Å². The van der Waals surface area contributed by atoms with Crippen LogP contribution < -0.4 is 15.1 Å². The van der Waals surface area contributed by atoms with Gasteiger partial charge >= 0.3 is 0 Å².